The maximum Gasteiger partial charge on any atom is 0.420 e. The number of nitriles is 1. The largest absolute Gasteiger partial charge is 0.443 e. The molecule has 0 unspecified atom stereocenters. The van der Waals surface area contributed by atoms with Gasteiger partial charge in [0.1, 0.15) is 17.4 Å². The van der Waals surface area contributed by atoms with Gasteiger partial charge in [-0.25, -0.2) is 19.3 Å². The minimum Gasteiger partial charge on any atom is -0.443 e. The van der Waals surface area contributed by atoms with Gasteiger partial charge in [-0.05, 0) is 44.0 Å². The molecule has 0 aliphatic rings. The minimum absolute atomic E-state index is 0.0519. The zero-order valence-electron chi connectivity index (χ0n) is 19.1. The highest BCUT2D eigenvalue weighted by molar-refractivity contribution is 7.85. The van der Waals surface area contributed by atoms with Crippen molar-refractivity contribution in [1.82, 2.24) is 14.5 Å². The Morgan fingerprint density at radius 2 is 1.76 bits per heavy atom. The van der Waals surface area contributed by atoms with Crippen molar-refractivity contribution in [3.05, 3.63) is 60.0 Å². The molecule has 10 heteroatoms. The molecule has 0 saturated carbocycles. The molecular formula is C24H22N4O5S. The molecule has 0 aliphatic heterocycles. The summed E-state index contributed by atoms with van der Waals surface area (Å²) in [6.07, 6.45) is 3.52. The summed E-state index contributed by atoms with van der Waals surface area (Å²) in [5.74, 6) is 0. The quantitative estimate of drug-likeness (QED) is 0.396. The molecule has 0 atom stereocenters. The van der Waals surface area contributed by atoms with Gasteiger partial charge in [0.15, 0.2) is 5.65 Å². The van der Waals surface area contributed by atoms with E-state index < -0.39 is 21.8 Å². The summed E-state index contributed by atoms with van der Waals surface area (Å²) in [6.45, 7) is 5.28. The van der Waals surface area contributed by atoms with Gasteiger partial charge in [-0.2, -0.15) is 13.7 Å². The standard InChI is InChI=1S/C24H22N4O5S/c1-24(2,3)33-23(29)28-21-13-26-18(11-25)10-19(21)20-9-17(12-27-22(20)28)16-7-5-15(6-8-16)14-32-34(4,30)31/h5-10,12-13H,14H2,1-4H3. The lowest BCUT2D eigenvalue weighted by Crippen LogP contribution is -2.27. The molecular weight excluding hydrogens is 456 g/mol. The van der Waals surface area contributed by atoms with E-state index in [1.165, 1.54) is 10.8 Å². The molecule has 174 valence electrons. The lowest BCUT2D eigenvalue weighted by molar-refractivity contribution is 0.0550. The zero-order valence-corrected chi connectivity index (χ0v) is 19.9. The van der Waals surface area contributed by atoms with Crippen molar-refractivity contribution < 1.29 is 22.1 Å². The molecule has 0 N–H and O–H groups in total. The van der Waals surface area contributed by atoms with Gasteiger partial charge in [0.2, 0.25) is 0 Å². The van der Waals surface area contributed by atoms with Crippen LogP contribution in [0.3, 0.4) is 0 Å². The first-order chi connectivity index (χ1) is 15.9. The monoisotopic (exact) mass is 478 g/mol. The number of carbonyl (C=O) groups excluding carboxylic acids is 1. The van der Waals surface area contributed by atoms with E-state index >= 15 is 0 Å². The summed E-state index contributed by atoms with van der Waals surface area (Å²) in [7, 11) is -3.53. The number of aromatic nitrogens is 3. The van der Waals surface area contributed by atoms with Crippen LogP contribution in [0.1, 0.15) is 32.0 Å². The highest BCUT2D eigenvalue weighted by Crippen LogP contribution is 2.32. The molecule has 0 radical (unpaired) electrons. The number of hydrogen-bond acceptors (Lipinski definition) is 8. The molecule has 4 aromatic rings. The van der Waals surface area contributed by atoms with Gasteiger partial charge < -0.3 is 4.74 Å². The van der Waals surface area contributed by atoms with Gasteiger partial charge in [0.05, 0.1) is 24.6 Å². The predicted octanol–water partition coefficient (Wildman–Crippen LogP) is 4.38. The number of nitrogens with zero attached hydrogens (tertiary/aromatic N) is 4. The number of ether oxygens (including phenoxy) is 1. The van der Waals surface area contributed by atoms with Gasteiger partial charge in [0.25, 0.3) is 10.1 Å². The maximum atomic E-state index is 13.0. The Morgan fingerprint density at radius 1 is 1.06 bits per heavy atom. The van der Waals surface area contributed by atoms with Crippen LogP contribution in [0, 0.1) is 11.3 Å². The Hall–Kier alpha value is -3.81. The van der Waals surface area contributed by atoms with Crippen molar-refractivity contribution in [2.45, 2.75) is 33.0 Å². The number of fused-ring (bicyclic) bond motifs is 3. The second kappa shape index (κ2) is 8.52. The second-order valence-corrected chi connectivity index (χ2v) is 10.4. The molecule has 0 aliphatic carbocycles. The average molecular weight is 479 g/mol. The van der Waals surface area contributed by atoms with Crippen molar-refractivity contribution in [2.24, 2.45) is 0 Å². The fourth-order valence-corrected chi connectivity index (χ4v) is 3.82. The summed E-state index contributed by atoms with van der Waals surface area (Å²) in [4.78, 5) is 21.6. The molecule has 0 bridgehead atoms. The van der Waals surface area contributed by atoms with Gasteiger partial charge >= 0.3 is 6.09 Å². The lowest BCUT2D eigenvalue weighted by atomic mass is 10.0. The van der Waals surface area contributed by atoms with E-state index in [9.17, 15) is 18.5 Å². The molecule has 9 nitrogen and oxygen atoms in total. The van der Waals surface area contributed by atoms with Crippen molar-refractivity contribution in [3.8, 4) is 17.2 Å². The molecule has 3 aromatic heterocycles. The average Bonchev–Trinajstić information content (AvgIpc) is 3.09. The summed E-state index contributed by atoms with van der Waals surface area (Å²) in [5, 5.41) is 10.6. The third-order valence-electron chi connectivity index (χ3n) is 4.91. The molecule has 34 heavy (non-hydrogen) atoms. The van der Waals surface area contributed by atoms with Crippen LogP contribution in [0.2, 0.25) is 0 Å². The maximum absolute atomic E-state index is 13.0. The van der Waals surface area contributed by atoms with Gasteiger partial charge in [-0.1, -0.05) is 24.3 Å². The van der Waals surface area contributed by atoms with E-state index in [0.29, 0.717) is 27.5 Å². The molecule has 0 fully saturated rings. The topological polar surface area (TPSA) is 124 Å². The van der Waals surface area contributed by atoms with Crippen molar-refractivity contribution >= 4 is 38.1 Å². The Morgan fingerprint density at radius 3 is 2.38 bits per heavy atom. The Bertz CT molecular complexity index is 1560. The highest BCUT2D eigenvalue weighted by atomic mass is 32.2. The Labute approximate surface area is 196 Å². The first-order valence-corrected chi connectivity index (χ1v) is 12.1. The SMILES string of the molecule is CC(C)(C)OC(=O)n1c2cnc(C#N)cc2c2cc(-c3ccc(COS(C)(=O)=O)cc3)cnc21. The summed E-state index contributed by atoms with van der Waals surface area (Å²) in [6, 6.07) is 12.7. The van der Waals surface area contributed by atoms with Crippen LogP contribution in [-0.4, -0.2) is 40.9 Å². The van der Waals surface area contributed by atoms with Crippen molar-refractivity contribution in [1.29, 1.82) is 5.26 Å². The van der Waals surface area contributed by atoms with Crippen LogP contribution < -0.4 is 0 Å². The summed E-state index contributed by atoms with van der Waals surface area (Å²) < 4.78 is 34.2. The molecule has 1 aromatic carbocycles. The zero-order chi connectivity index (χ0) is 24.7. The van der Waals surface area contributed by atoms with Crippen LogP contribution in [-0.2, 0) is 25.6 Å². The van der Waals surface area contributed by atoms with Crippen LogP contribution in [0.4, 0.5) is 4.79 Å². The molecule has 3 heterocycles. The Balaban J connectivity index is 1.81. The molecule has 0 amide bonds. The third kappa shape index (κ3) is 4.90. The first-order valence-electron chi connectivity index (χ1n) is 10.3. The van der Waals surface area contributed by atoms with E-state index in [-0.39, 0.29) is 12.3 Å². The minimum atomic E-state index is -3.53. The highest BCUT2D eigenvalue weighted by Gasteiger charge is 2.24. The van der Waals surface area contributed by atoms with E-state index in [2.05, 4.69) is 9.97 Å². The van der Waals surface area contributed by atoms with E-state index in [1.54, 1.807) is 45.2 Å². The smallest absolute Gasteiger partial charge is 0.420 e. The Kier molecular flexibility index (Phi) is 5.85. The number of rotatable bonds is 4. The van der Waals surface area contributed by atoms with E-state index in [1.807, 2.05) is 24.3 Å². The normalized spacial score (nSPS) is 12.1. The van der Waals surface area contributed by atoms with Gasteiger partial charge in [0, 0.05) is 22.5 Å². The first kappa shape index (κ1) is 23.4. The molecule has 4 rings (SSSR count). The van der Waals surface area contributed by atoms with Gasteiger partial charge in [-0.15, -0.1) is 0 Å². The molecule has 0 spiro atoms. The number of pyridine rings is 2. The number of hydrogen-bond donors (Lipinski definition) is 0. The van der Waals surface area contributed by atoms with Crippen molar-refractivity contribution in [2.75, 3.05) is 6.26 Å². The number of benzene rings is 1. The fourth-order valence-electron chi connectivity index (χ4n) is 3.47. The molecule has 0 saturated heterocycles. The van der Waals surface area contributed by atoms with Gasteiger partial charge in [-0.3, -0.25) is 4.18 Å². The predicted molar refractivity (Wildman–Crippen MR) is 126 cm³/mol. The summed E-state index contributed by atoms with van der Waals surface area (Å²) in [5.41, 5.74) is 2.71. The van der Waals surface area contributed by atoms with Crippen LogP contribution in [0.15, 0.2) is 48.8 Å². The fraction of sp³-hybridized carbons (Fsp3) is 0.250. The van der Waals surface area contributed by atoms with E-state index in [0.717, 1.165) is 17.4 Å². The second-order valence-electron chi connectivity index (χ2n) is 8.77. The van der Waals surface area contributed by atoms with Crippen molar-refractivity contribution in [3.63, 3.8) is 0 Å². The van der Waals surface area contributed by atoms with Crippen LogP contribution in [0.25, 0.3) is 33.1 Å². The third-order valence-corrected chi connectivity index (χ3v) is 5.46. The number of carbonyl (C=O) groups is 1. The van der Waals surface area contributed by atoms with Crippen LogP contribution in [0.5, 0.6) is 0 Å². The van der Waals surface area contributed by atoms with Crippen LogP contribution >= 0.6 is 0 Å². The van der Waals surface area contributed by atoms with E-state index in [4.69, 9.17) is 8.92 Å². The lowest BCUT2D eigenvalue weighted by Gasteiger charge is -2.20. The summed E-state index contributed by atoms with van der Waals surface area (Å²) >= 11 is 0.